The van der Waals surface area contributed by atoms with Crippen LogP contribution in [0, 0.1) is 0 Å². The summed E-state index contributed by atoms with van der Waals surface area (Å²) in [6.45, 7) is 2.80. The van der Waals surface area contributed by atoms with E-state index in [1.807, 2.05) is 44.4 Å². The van der Waals surface area contributed by atoms with Crippen LogP contribution in [-0.2, 0) is 12.4 Å². The van der Waals surface area contributed by atoms with Crippen molar-refractivity contribution in [2.24, 2.45) is 0 Å². The smallest absolute Gasteiger partial charge is 0.278 e. The molecule has 0 aliphatic heterocycles. The third kappa shape index (κ3) is 4.52. The summed E-state index contributed by atoms with van der Waals surface area (Å²) in [6, 6.07) is 17.6. The van der Waals surface area contributed by atoms with E-state index in [0.717, 1.165) is 17.4 Å². The van der Waals surface area contributed by atoms with Gasteiger partial charge in [-0.05, 0) is 38.2 Å². The molecule has 160 valence electrons. The van der Waals surface area contributed by atoms with E-state index in [0.29, 0.717) is 23.3 Å². The molecule has 0 fully saturated rings. The lowest BCUT2D eigenvalue weighted by molar-refractivity contribution is 0.272. The highest BCUT2D eigenvalue weighted by Gasteiger charge is 2.22. The number of benzene rings is 2. The second-order valence-electron chi connectivity index (χ2n) is 7.48. The predicted molar refractivity (Wildman–Crippen MR) is 122 cm³/mol. The maximum absolute atomic E-state index is 12.8. The lowest BCUT2D eigenvalue weighted by Gasteiger charge is -2.23. The quantitative estimate of drug-likeness (QED) is 0.393. The number of hydrogen-bond acceptors (Lipinski definition) is 7. The molecule has 9 heteroatoms. The fourth-order valence-electron chi connectivity index (χ4n) is 3.57. The fourth-order valence-corrected chi connectivity index (χ4v) is 4.39. The van der Waals surface area contributed by atoms with Crippen LogP contribution in [0.2, 0.25) is 0 Å². The molecule has 0 bridgehead atoms. The molecule has 0 spiro atoms. The molecule has 1 unspecified atom stereocenters. The average Bonchev–Trinajstić information content (AvgIpc) is 3.16. The van der Waals surface area contributed by atoms with Crippen LogP contribution in [0.15, 0.2) is 64.5 Å². The van der Waals surface area contributed by atoms with E-state index >= 15 is 0 Å². The molecule has 0 aliphatic rings. The van der Waals surface area contributed by atoms with E-state index in [4.69, 9.17) is 0 Å². The molecule has 0 N–H and O–H groups in total. The molecule has 1 atom stereocenters. The van der Waals surface area contributed by atoms with Gasteiger partial charge in [0.25, 0.3) is 5.56 Å². The third-order valence-electron chi connectivity index (χ3n) is 5.18. The summed E-state index contributed by atoms with van der Waals surface area (Å²) in [5.41, 5.74) is 1.61. The van der Waals surface area contributed by atoms with Crippen molar-refractivity contribution < 1.29 is 0 Å². The van der Waals surface area contributed by atoms with E-state index < -0.39 is 0 Å². The van der Waals surface area contributed by atoms with Crippen molar-refractivity contribution in [2.45, 2.75) is 37.0 Å². The van der Waals surface area contributed by atoms with Gasteiger partial charge in [-0.1, -0.05) is 66.4 Å². The highest BCUT2D eigenvalue weighted by molar-refractivity contribution is 7.98. The number of thioether (sulfide) groups is 1. The van der Waals surface area contributed by atoms with Crippen LogP contribution >= 0.6 is 11.8 Å². The Morgan fingerprint density at radius 3 is 2.48 bits per heavy atom. The summed E-state index contributed by atoms with van der Waals surface area (Å²) < 4.78 is 3.51. The first-order chi connectivity index (χ1) is 15.1. The van der Waals surface area contributed by atoms with E-state index in [-0.39, 0.29) is 11.6 Å². The average molecular weight is 436 g/mol. The molecular formula is C22H25N7OS. The molecule has 4 rings (SSSR count). The molecule has 4 aromatic rings. The van der Waals surface area contributed by atoms with Crippen molar-refractivity contribution >= 4 is 22.7 Å². The third-order valence-corrected chi connectivity index (χ3v) is 6.12. The van der Waals surface area contributed by atoms with Crippen molar-refractivity contribution in [3.05, 3.63) is 76.3 Å². The molecular weight excluding hydrogens is 410 g/mol. The van der Waals surface area contributed by atoms with Crippen LogP contribution in [0.1, 0.15) is 30.8 Å². The summed E-state index contributed by atoms with van der Waals surface area (Å²) in [5.74, 6) is 1.22. The molecule has 8 nitrogen and oxygen atoms in total. The minimum Gasteiger partial charge on any atom is -0.300 e. The topological polar surface area (TPSA) is 81.7 Å². The van der Waals surface area contributed by atoms with Gasteiger partial charge in [-0.15, -0.1) is 15.3 Å². The second kappa shape index (κ2) is 9.40. The van der Waals surface area contributed by atoms with E-state index in [9.17, 15) is 4.79 Å². The summed E-state index contributed by atoms with van der Waals surface area (Å²) in [7, 11) is 4.10. The largest absolute Gasteiger partial charge is 0.300 e. The maximum Gasteiger partial charge on any atom is 0.278 e. The SMILES string of the molecule is CCC(c1nnc(SCn2nnc3ccccc3c2=O)n1Cc1ccccc1)N(C)C. The highest BCUT2D eigenvalue weighted by Crippen LogP contribution is 2.26. The zero-order valence-corrected chi connectivity index (χ0v) is 18.7. The highest BCUT2D eigenvalue weighted by atomic mass is 32.2. The summed E-state index contributed by atoms with van der Waals surface area (Å²) in [5, 5.41) is 18.5. The molecule has 0 saturated carbocycles. The van der Waals surface area contributed by atoms with Gasteiger partial charge in [0.15, 0.2) is 11.0 Å². The van der Waals surface area contributed by atoms with Gasteiger partial charge in [-0.2, -0.15) is 4.68 Å². The van der Waals surface area contributed by atoms with E-state index in [1.54, 1.807) is 12.1 Å². The van der Waals surface area contributed by atoms with Crippen LogP contribution in [0.25, 0.3) is 10.9 Å². The summed E-state index contributed by atoms with van der Waals surface area (Å²) in [4.78, 5) is 14.9. The first kappa shape index (κ1) is 21.2. The lowest BCUT2D eigenvalue weighted by atomic mass is 10.2. The number of nitrogens with zero attached hydrogens (tertiary/aromatic N) is 7. The fraction of sp³-hybridized carbons (Fsp3) is 0.318. The number of rotatable bonds is 8. The maximum atomic E-state index is 12.8. The number of fused-ring (bicyclic) bond motifs is 1. The number of hydrogen-bond donors (Lipinski definition) is 0. The van der Waals surface area contributed by atoms with Crippen LogP contribution in [-0.4, -0.2) is 48.8 Å². The summed E-state index contributed by atoms with van der Waals surface area (Å²) >= 11 is 1.43. The number of aromatic nitrogens is 6. The van der Waals surface area contributed by atoms with Gasteiger partial charge in [0.05, 0.1) is 23.8 Å². The van der Waals surface area contributed by atoms with Crippen molar-refractivity contribution in [1.82, 2.24) is 34.7 Å². The van der Waals surface area contributed by atoms with Crippen LogP contribution in [0.5, 0.6) is 0 Å². The van der Waals surface area contributed by atoms with E-state index in [2.05, 4.69) is 49.0 Å². The first-order valence-corrected chi connectivity index (χ1v) is 11.2. The standard InChI is InChI=1S/C22H25N7OS/c1-4-19(27(2)3)20-24-25-22(28(20)14-16-10-6-5-7-11-16)31-15-29-21(30)17-12-8-9-13-18(17)23-26-29/h5-13,19H,4,14-15H2,1-3H3. The Kier molecular flexibility index (Phi) is 6.43. The Morgan fingerprint density at radius 2 is 1.74 bits per heavy atom. The van der Waals surface area contributed by atoms with Gasteiger partial charge < -0.3 is 4.57 Å². The second-order valence-corrected chi connectivity index (χ2v) is 8.40. The monoisotopic (exact) mass is 435 g/mol. The van der Waals surface area contributed by atoms with E-state index in [1.165, 1.54) is 22.0 Å². The molecule has 2 aromatic heterocycles. The van der Waals surface area contributed by atoms with Crippen molar-refractivity contribution in [3.8, 4) is 0 Å². The Labute approximate surface area is 184 Å². The summed E-state index contributed by atoms with van der Waals surface area (Å²) in [6.07, 6.45) is 0.917. The molecule has 0 aliphatic carbocycles. The van der Waals surface area contributed by atoms with Gasteiger partial charge in [-0.3, -0.25) is 9.69 Å². The van der Waals surface area contributed by atoms with Crippen LogP contribution in [0.4, 0.5) is 0 Å². The zero-order valence-electron chi connectivity index (χ0n) is 17.8. The zero-order chi connectivity index (χ0) is 21.8. The van der Waals surface area contributed by atoms with Gasteiger partial charge in [0, 0.05) is 0 Å². The lowest BCUT2D eigenvalue weighted by Crippen LogP contribution is -2.24. The van der Waals surface area contributed by atoms with Gasteiger partial charge in [0.1, 0.15) is 5.52 Å². The van der Waals surface area contributed by atoms with Crippen LogP contribution < -0.4 is 5.56 Å². The van der Waals surface area contributed by atoms with Gasteiger partial charge in [0.2, 0.25) is 0 Å². The van der Waals surface area contributed by atoms with Crippen LogP contribution in [0.3, 0.4) is 0 Å². The van der Waals surface area contributed by atoms with Crippen molar-refractivity contribution in [2.75, 3.05) is 14.1 Å². The minimum atomic E-state index is -0.160. The van der Waals surface area contributed by atoms with Crippen molar-refractivity contribution in [3.63, 3.8) is 0 Å². The van der Waals surface area contributed by atoms with Gasteiger partial charge >= 0.3 is 0 Å². The first-order valence-electron chi connectivity index (χ1n) is 10.2. The molecule has 2 heterocycles. The Balaban J connectivity index is 1.65. The minimum absolute atomic E-state index is 0.147. The molecule has 31 heavy (non-hydrogen) atoms. The normalized spacial score (nSPS) is 12.5. The molecule has 0 radical (unpaired) electrons. The molecule has 0 amide bonds. The van der Waals surface area contributed by atoms with Crippen molar-refractivity contribution in [1.29, 1.82) is 0 Å². The molecule has 2 aromatic carbocycles. The Hall–Kier alpha value is -3.04. The van der Waals surface area contributed by atoms with Gasteiger partial charge in [-0.25, -0.2) is 0 Å². The predicted octanol–water partition coefficient (Wildman–Crippen LogP) is 3.19. The Bertz CT molecular complexity index is 1220. The molecule has 0 saturated heterocycles. The Morgan fingerprint density at radius 1 is 1.00 bits per heavy atom.